The maximum Gasteiger partial charge on any atom is 0.242 e. The number of carbonyl (C=O) groups excluding carboxylic acids is 2. The van der Waals surface area contributed by atoms with Crippen molar-refractivity contribution in [2.75, 3.05) is 24.5 Å². The molecule has 2 amide bonds. The van der Waals surface area contributed by atoms with Crippen LogP contribution in [-0.4, -0.2) is 46.1 Å². The zero-order valence-corrected chi connectivity index (χ0v) is 19.1. The summed E-state index contributed by atoms with van der Waals surface area (Å²) in [6, 6.07) is 20.7. The van der Waals surface area contributed by atoms with Gasteiger partial charge in [0.2, 0.25) is 11.8 Å². The van der Waals surface area contributed by atoms with Gasteiger partial charge in [0.15, 0.2) is 0 Å². The number of fused-ring (bicyclic) bond motifs is 1. The minimum absolute atomic E-state index is 0.00910. The Morgan fingerprint density at radius 1 is 1.00 bits per heavy atom. The molecule has 3 aromatic rings. The molecule has 170 valence electrons. The first-order valence-corrected chi connectivity index (χ1v) is 11.8. The number of amides is 2. The van der Waals surface area contributed by atoms with E-state index < -0.39 is 0 Å². The van der Waals surface area contributed by atoms with Gasteiger partial charge in [-0.1, -0.05) is 60.2 Å². The van der Waals surface area contributed by atoms with Crippen LogP contribution in [0.2, 0.25) is 0 Å². The molecule has 1 aromatic heterocycles. The molecule has 6 heteroatoms. The molecule has 2 aromatic carbocycles. The molecule has 1 fully saturated rings. The van der Waals surface area contributed by atoms with E-state index in [1.807, 2.05) is 33.8 Å². The summed E-state index contributed by atoms with van der Waals surface area (Å²) in [5.74, 6) is 1.33. The van der Waals surface area contributed by atoms with Gasteiger partial charge in [-0.25, -0.2) is 4.68 Å². The van der Waals surface area contributed by atoms with Crippen LogP contribution in [0.4, 0.5) is 5.82 Å². The van der Waals surface area contributed by atoms with Crippen LogP contribution in [0.15, 0.2) is 60.7 Å². The number of aryl methyl sites for hydroxylation is 2. The molecular weight excluding hydrogens is 412 g/mol. The number of nitrogens with zero attached hydrogens (tertiary/aromatic N) is 4. The predicted octanol–water partition coefficient (Wildman–Crippen LogP) is 4.08. The summed E-state index contributed by atoms with van der Waals surface area (Å²) in [7, 11) is 0. The molecule has 0 radical (unpaired) electrons. The van der Waals surface area contributed by atoms with Gasteiger partial charge in [0.1, 0.15) is 12.4 Å². The fourth-order valence-electron chi connectivity index (χ4n) is 4.86. The Balaban J connectivity index is 1.24. The number of anilines is 1. The second-order valence-electron chi connectivity index (χ2n) is 9.22. The predicted molar refractivity (Wildman–Crippen MR) is 129 cm³/mol. The highest BCUT2D eigenvalue weighted by atomic mass is 16.2. The Kier molecular flexibility index (Phi) is 5.99. The minimum Gasteiger partial charge on any atom is -0.341 e. The average Bonchev–Trinajstić information content (AvgIpc) is 3.27. The monoisotopic (exact) mass is 442 g/mol. The van der Waals surface area contributed by atoms with E-state index in [4.69, 9.17) is 5.10 Å². The van der Waals surface area contributed by atoms with Gasteiger partial charge in [0.25, 0.3) is 0 Å². The van der Waals surface area contributed by atoms with Crippen LogP contribution in [0.3, 0.4) is 0 Å². The molecule has 3 heterocycles. The first kappa shape index (κ1) is 21.4. The van der Waals surface area contributed by atoms with Crippen molar-refractivity contribution >= 4 is 17.6 Å². The van der Waals surface area contributed by atoms with E-state index in [1.54, 1.807) is 4.90 Å². The number of aromatic nitrogens is 2. The van der Waals surface area contributed by atoms with Crippen LogP contribution in [0.25, 0.3) is 11.3 Å². The standard InChI is InChI=1S/C27H30N4O2/c1-20-7-9-23(10-8-20)24-18-25-30(26(32)13-16-31(25)28-24)19-27(33)29-14-11-22(12-15-29)17-21-5-3-2-4-6-21/h2-10,18,22H,11-17,19H2,1H3. The third kappa shape index (κ3) is 4.70. The lowest BCUT2D eigenvalue weighted by Gasteiger charge is -2.34. The molecule has 33 heavy (non-hydrogen) atoms. The van der Waals surface area contributed by atoms with Crippen molar-refractivity contribution in [3.05, 3.63) is 71.8 Å². The van der Waals surface area contributed by atoms with Gasteiger partial charge in [-0.3, -0.25) is 14.5 Å². The van der Waals surface area contributed by atoms with E-state index in [1.165, 1.54) is 11.1 Å². The van der Waals surface area contributed by atoms with Gasteiger partial charge >= 0.3 is 0 Å². The molecule has 5 rings (SSSR count). The van der Waals surface area contributed by atoms with Crippen molar-refractivity contribution in [3.8, 4) is 11.3 Å². The molecular formula is C27H30N4O2. The number of carbonyl (C=O) groups is 2. The fraction of sp³-hybridized carbons (Fsp3) is 0.370. The summed E-state index contributed by atoms with van der Waals surface area (Å²) in [5, 5.41) is 4.70. The SMILES string of the molecule is Cc1ccc(-c2cc3n(n2)CCC(=O)N3CC(=O)N2CCC(Cc3ccccc3)CC2)cc1. The first-order valence-electron chi connectivity index (χ1n) is 11.8. The molecule has 0 unspecified atom stereocenters. The van der Waals surface area contributed by atoms with Gasteiger partial charge in [-0.2, -0.15) is 5.10 Å². The number of benzene rings is 2. The van der Waals surface area contributed by atoms with E-state index in [-0.39, 0.29) is 18.4 Å². The summed E-state index contributed by atoms with van der Waals surface area (Å²) < 4.78 is 1.86. The molecule has 2 aliphatic heterocycles. The van der Waals surface area contributed by atoms with Crippen LogP contribution in [-0.2, 0) is 22.6 Å². The number of hydrogen-bond acceptors (Lipinski definition) is 3. The highest BCUT2D eigenvalue weighted by molar-refractivity contribution is 5.99. The zero-order chi connectivity index (χ0) is 22.8. The van der Waals surface area contributed by atoms with Crippen molar-refractivity contribution in [2.45, 2.75) is 39.2 Å². The van der Waals surface area contributed by atoms with Gasteiger partial charge in [0.05, 0.1) is 12.2 Å². The zero-order valence-electron chi connectivity index (χ0n) is 19.1. The highest BCUT2D eigenvalue weighted by Crippen LogP contribution is 2.29. The number of rotatable bonds is 5. The van der Waals surface area contributed by atoms with Crippen molar-refractivity contribution in [2.24, 2.45) is 5.92 Å². The topological polar surface area (TPSA) is 58.4 Å². The van der Waals surface area contributed by atoms with Gasteiger partial charge < -0.3 is 4.90 Å². The van der Waals surface area contributed by atoms with Crippen LogP contribution in [0.5, 0.6) is 0 Å². The summed E-state index contributed by atoms with van der Waals surface area (Å²) >= 11 is 0. The summed E-state index contributed by atoms with van der Waals surface area (Å²) in [4.78, 5) is 29.4. The Morgan fingerprint density at radius 2 is 1.73 bits per heavy atom. The first-order chi connectivity index (χ1) is 16.1. The van der Waals surface area contributed by atoms with Gasteiger partial charge in [-0.15, -0.1) is 0 Å². The summed E-state index contributed by atoms with van der Waals surface area (Å²) in [6.45, 7) is 4.20. The second kappa shape index (κ2) is 9.22. The summed E-state index contributed by atoms with van der Waals surface area (Å²) in [6.07, 6.45) is 3.44. The quantitative estimate of drug-likeness (QED) is 0.598. The Labute approximate surface area is 194 Å². The fourth-order valence-corrected chi connectivity index (χ4v) is 4.86. The molecule has 6 nitrogen and oxygen atoms in total. The van der Waals surface area contributed by atoms with Crippen LogP contribution < -0.4 is 4.90 Å². The Morgan fingerprint density at radius 3 is 2.45 bits per heavy atom. The lowest BCUT2D eigenvalue weighted by atomic mass is 9.90. The number of likely N-dealkylation sites (tertiary alicyclic amines) is 1. The average molecular weight is 443 g/mol. The van der Waals surface area contributed by atoms with Gasteiger partial charge in [0, 0.05) is 31.1 Å². The van der Waals surface area contributed by atoms with Crippen molar-refractivity contribution in [3.63, 3.8) is 0 Å². The lowest BCUT2D eigenvalue weighted by Crippen LogP contribution is -2.48. The Hall–Kier alpha value is -3.41. The maximum absolute atomic E-state index is 13.1. The number of hydrogen-bond donors (Lipinski definition) is 0. The molecule has 1 saturated heterocycles. The van der Waals surface area contributed by atoms with E-state index in [0.717, 1.165) is 43.6 Å². The minimum atomic E-state index is -0.00910. The van der Waals surface area contributed by atoms with E-state index in [0.29, 0.717) is 24.7 Å². The van der Waals surface area contributed by atoms with Crippen LogP contribution in [0, 0.1) is 12.8 Å². The third-order valence-electron chi connectivity index (χ3n) is 6.85. The highest BCUT2D eigenvalue weighted by Gasteiger charge is 2.31. The normalized spacial score (nSPS) is 16.7. The van der Waals surface area contributed by atoms with Crippen LogP contribution in [0.1, 0.15) is 30.4 Å². The lowest BCUT2D eigenvalue weighted by molar-refractivity contribution is -0.132. The second-order valence-corrected chi connectivity index (χ2v) is 9.22. The Bertz CT molecular complexity index is 1130. The van der Waals surface area contributed by atoms with Crippen molar-refractivity contribution in [1.29, 1.82) is 0 Å². The number of piperidine rings is 1. The molecule has 0 atom stereocenters. The van der Waals surface area contributed by atoms with Gasteiger partial charge in [-0.05, 0) is 37.7 Å². The van der Waals surface area contributed by atoms with Crippen molar-refractivity contribution in [1.82, 2.24) is 14.7 Å². The smallest absolute Gasteiger partial charge is 0.242 e. The molecule has 0 N–H and O–H groups in total. The largest absolute Gasteiger partial charge is 0.341 e. The van der Waals surface area contributed by atoms with E-state index >= 15 is 0 Å². The maximum atomic E-state index is 13.1. The molecule has 2 aliphatic rings. The van der Waals surface area contributed by atoms with Crippen molar-refractivity contribution < 1.29 is 9.59 Å². The molecule has 0 spiro atoms. The molecule has 0 saturated carbocycles. The van der Waals surface area contributed by atoms with E-state index in [9.17, 15) is 9.59 Å². The molecule has 0 aliphatic carbocycles. The molecule has 0 bridgehead atoms. The summed E-state index contributed by atoms with van der Waals surface area (Å²) in [5.41, 5.74) is 4.40. The van der Waals surface area contributed by atoms with E-state index in [2.05, 4.69) is 43.3 Å². The van der Waals surface area contributed by atoms with Crippen LogP contribution >= 0.6 is 0 Å². The third-order valence-corrected chi connectivity index (χ3v) is 6.85.